The van der Waals surface area contributed by atoms with Crippen LogP contribution in [0.4, 0.5) is 4.79 Å². The lowest BCUT2D eigenvalue weighted by atomic mass is 9.80. The molecule has 14 heteroatoms. The van der Waals surface area contributed by atoms with E-state index >= 15 is 0 Å². The van der Waals surface area contributed by atoms with Gasteiger partial charge in [-0.05, 0) is 26.7 Å². The van der Waals surface area contributed by atoms with Crippen LogP contribution in [0.5, 0.6) is 0 Å². The summed E-state index contributed by atoms with van der Waals surface area (Å²) in [6.45, 7) is 2.34. The van der Waals surface area contributed by atoms with E-state index in [2.05, 4.69) is 16.0 Å². The van der Waals surface area contributed by atoms with E-state index in [1.54, 1.807) is 0 Å². The lowest BCUT2D eigenvalue weighted by Gasteiger charge is -2.40. The average molecular weight is 474 g/mol. The number of fused-ring (bicyclic) bond motifs is 1. The van der Waals surface area contributed by atoms with Crippen molar-refractivity contribution < 1.29 is 48.8 Å². The Labute approximate surface area is 189 Å². The van der Waals surface area contributed by atoms with Crippen molar-refractivity contribution in [2.75, 3.05) is 6.61 Å². The number of carbonyl (C=O) groups is 5. The minimum absolute atomic E-state index is 0.210. The SMILES string of the molecule is C[C@H](NC(=O)[C@@H](C)O[C@H]1[C@H](O)[C@@H](CO)C[C@@H]2OC(=O)N[C@H]12)C(=O)N[C@H](CCC(=O)O)C(N)=O. The number of nitrogens with two attached hydrogens (primary N) is 1. The lowest BCUT2D eigenvalue weighted by molar-refractivity contribution is -0.160. The van der Waals surface area contributed by atoms with E-state index < -0.39 is 78.2 Å². The van der Waals surface area contributed by atoms with E-state index in [1.165, 1.54) is 13.8 Å². The number of aliphatic carboxylic acids is 1. The maximum Gasteiger partial charge on any atom is 0.407 e. The first-order chi connectivity index (χ1) is 15.4. The normalized spacial score (nSPS) is 29.0. The van der Waals surface area contributed by atoms with Gasteiger partial charge in [-0.15, -0.1) is 0 Å². The summed E-state index contributed by atoms with van der Waals surface area (Å²) in [4.78, 5) is 58.6. The summed E-state index contributed by atoms with van der Waals surface area (Å²) in [6, 6.07) is -3.08. The predicted molar refractivity (Wildman–Crippen MR) is 108 cm³/mol. The molecule has 4 amide bonds. The largest absolute Gasteiger partial charge is 0.481 e. The number of hydrogen-bond donors (Lipinski definition) is 7. The van der Waals surface area contributed by atoms with Crippen molar-refractivity contribution in [3.8, 4) is 0 Å². The molecule has 186 valence electrons. The zero-order valence-corrected chi connectivity index (χ0v) is 18.2. The van der Waals surface area contributed by atoms with Crippen molar-refractivity contribution in [2.24, 2.45) is 11.7 Å². The minimum Gasteiger partial charge on any atom is -0.481 e. The Morgan fingerprint density at radius 1 is 1.24 bits per heavy atom. The summed E-state index contributed by atoms with van der Waals surface area (Å²) >= 11 is 0. The van der Waals surface area contributed by atoms with Gasteiger partial charge in [-0.25, -0.2) is 4.79 Å². The number of aliphatic hydroxyl groups is 2. The second-order valence-corrected chi connectivity index (χ2v) is 8.15. The van der Waals surface area contributed by atoms with Gasteiger partial charge in [0.25, 0.3) is 0 Å². The zero-order chi connectivity index (χ0) is 24.9. The van der Waals surface area contributed by atoms with E-state index in [9.17, 15) is 34.2 Å². The van der Waals surface area contributed by atoms with Crippen molar-refractivity contribution in [3.63, 3.8) is 0 Å². The monoisotopic (exact) mass is 474 g/mol. The van der Waals surface area contributed by atoms with Crippen LogP contribution < -0.4 is 21.7 Å². The summed E-state index contributed by atoms with van der Waals surface area (Å²) in [6.07, 6.45) is -5.11. The topological polar surface area (TPSA) is 227 Å². The fourth-order valence-electron chi connectivity index (χ4n) is 3.77. The van der Waals surface area contributed by atoms with Gasteiger partial charge in [-0.3, -0.25) is 19.2 Å². The first kappa shape index (κ1) is 26.3. The Hall–Kier alpha value is -2.97. The first-order valence-corrected chi connectivity index (χ1v) is 10.5. The Kier molecular flexibility index (Phi) is 8.96. The molecule has 0 aromatic heterocycles. The van der Waals surface area contributed by atoms with Crippen LogP contribution in [0.1, 0.15) is 33.1 Å². The van der Waals surface area contributed by atoms with Gasteiger partial charge in [0, 0.05) is 18.9 Å². The molecule has 0 aromatic carbocycles. The molecule has 0 radical (unpaired) electrons. The van der Waals surface area contributed by atoms with E-state index in [0.29, 0.717) is 0 Å². The standard InChI is InChI=1S/C19H30N4O10/c1-7(17(29)22-10(16(20)28)3-4-12(25)26)21-18(30)8(2)32-15-13-11(33-19(31)23-13)5-9(6-24)14(15)27/h7-11,13-15,24,27H,3-6H2,1-2H3,(H2,20,28)(H,21,30)(H,22,29)(H,23,31)(H,25,26)/t7-,8+,9+,10+,11-,13-,14+,15+/m0/s1. The summed E-state index contributed by atoms with van der Waals surface area (Å²) in [5.74, 6) is -4.19. The van der Waals surface area contributed by atoms with Gasteiger partial charge in [0.15, 0.2) is 0 Å². The Bertz CT molecular complexity index is 778. The Morgan fingerprint density at radius 3 is 2.48 bits per heavy atom. The van der Waals surface area contributed by atoms with Crippen LogP contribution in [0, 0.1) is 5.92 Å². The summed E-state index contributed by atoms with van der Waals surface area (Å²) < 4.78 is 10.8. The highest BCUT2D eigenvalue weighted by Crippen LogP contribution is 2.32. The van der Waals surface area contributed by atoms with Gasteiger partial charge in [0.1, 0.15) is 30.4 Å². The van der Waals surface area contributed by atoms with Crippen molar-refractivity contribution in [1.29, 1.82) is 0 Å². The summed E-state index contributed by atoms with van der Waals surface area (Å²) in [5.41, 5.74) is 5.18. The van der Waals surface area contributed by atoms with Gasteiger partial charge < -0.3 is 46.5 Å². The second kappa shape index (κ2) is 11.2. The molecule has 8 atom stereocenters. The third kappa shape index (κ3) is 6.76. The molecule has 0 unspecified atom stereocenters. The highest BCUT2D eigenvalue weighted by Gasteiger charge is 2.51. The Balaban J connectivity index is 1.95. The third-order valence-corrected chi connectivity index (χ3v) is 5.68. The number of primary amides is 1. The van der Waals surface area contributed by atoms with Crippen molar-refractivity contribution >= 4 is 29.8 Å². The van der Waals surface area contributed by atoms with Gasteiger partial charge in [-0.1, -0.05) is 0 Å². The van der Waals surface area contributed by atoms with Crippen LogP contribution in [0.2, 0.25) is 0 Å². The molecule has 33 heavy (non-hydrogen) atoms. The molecular formula is C19H30N4O10. The van der Waals surface area contributed by atoms with Crippen LogP contribution in [0.3, 0.4) is 0 Å². The third-order valence-electron chi connectivity index (χ3n) is 5.68. The maximum absolute atomic E-state index is 12.5. The highest BCUT2D eigenvalue weighted by atomic mass is 16.6. The van der Waals surface area contributed by atoms with Crippen molar-refractivity contribution in [2.45, 2.75) is 75.7 Å². The highest BCUT2D eigenvalue weighted by molar-refractivity contribution is 5.92. The summed E-state index contributed by atoms with van der Waals surface area (Å²) in [7, 11) is 0. The van der Waals surface area contributed by atoms with Gasteiger partial charge in [0.2, 0.25) is 17.7 Å². The fraction of sp³-hybridized carbons (Fsp3) is 0.737. The van der Waals surface area contributed by atoms with E-state index in [1.807, 2.05) is 0 Å². The molecular weight excluding hydrogens is 444 g/mol. The molecule has 0 bridgehead atoms. The number of carboxylic acids is 1. The minimum atomic E-state index is -1.22. The molecule has 0 aromatic rings. The maximum atomic E-state index is 12.5. The summed E-state index contributed by atoms with van der Waals surface area (Å²) in [5, 5.41) is 36.0. The molecule has 2 fully saturated rings. The fourth-order valence-corrected chi connectivity index (χ4v) is 3.77. The number of aliphatic hydroxyl groups excluding tert-OH is 2. The number of ether oxygens (including phenoxy) is 2. The Morgan fingerprint density at radius 2 is 1.91 bits per heavy atom. The van der Waals surface area contributed by atoms with E-state index in [4.69, 9.17) is 20.3 Å². The number of hydrogen-bond acceptors (Lipinski definition) is 9. The number of carboxylic acid groups (broad SMARTS) is 1. The van der Waals surface area contributed by atoms with Crippen LogP contribution in [0.25, 0.3) is 0 Å². The lowest BCUT2D eigenvalue weighted by Crippen LogP contribution is -2.59. The smallest absolute Gasteiger partial charge is 0.407 e. The van der Waals surface area contributed by atoms with Crippen molar-refractivity contribution in [3.05, 3.63) is 0 Å². The number of carbonyl (C=O) groups excluding carboxylic acids is 4. The van der Waals surface area contributed by atoms with Crippen molar-refractivity contribution in [1.82, 2.24) is 16.0 Å². The molecule has 8 N–H and O–H groups in total. The zero-order valence-electron chi connectivity index (χ0n) is 18.2. The second-order valence-electron chi connectivity index (χ2n) is 8.15. The molecule has 2 aliphatic rings. The average Bonchev–Trinajstić information content (AvgIpc) is 3.11. The molecule has 1 saturated heterocycles. The molecule has 0 spiro atoms. The van der Waals surface area contributed by atoms with E-state index in [0.717, 1.165) is 0 Å². The van der Waals surface area contributed by atoms with Crippen LogP contribution in [-0.2, 0) is 28.7 Å². The number of rotatable bonds is 11. The number of alkyl carbamates (subject to hydrolysis) is 1. The van der Waals surface area contributed by atoms with Gasteiger partial charge in [0.05, 0.1) is 12.1 Å². The molecule has 1 heterocycles. The van der Waals surface area contributed by atoms with Crippen LogP contribution in [0.15, 0.2) is 0 Å². The molecule has 1 aliphatic carbocycles. The molecule has 1 saturated carbocycles. The number of amides is 4. The molecule has 1 aliphatic heterocycles. The quantitative estimate of drug-likeness (QED) is 0.160. The molecule has 14 nitrogen and oxygen atoms in total. The van der Waals surface area contributed by atoms with Crippen LogP contribution in [-0.4, -0.2) is 94.3 Å². The van der Waals surface area contributed by atoms with E-state index in [-0.39, 0.29) is 25.9 Å². The van der Waals surface area contributed by atoms with Crippen LogP contribution >= 0.6 is 0 Å². The van der Waals surface area contributed by atoms with Gasteiger partial charge in [-0.2, -0.15) is 0 Å². The van der Waals surface area contributed by atoms with Gasteiger partial charge >= 0.3 is 12.1 Å². The molecule has 2 rings (SSSR count). The number of nitrogens with one attached hydrogen (secondary N) is 3. The first-order valence-electron chi connectivity index (χ1n) is 10.5. The predicted octanol–water partition coefficient (Wildman–Crippen LogP) is -3.05.